The van der Waals surface area contributed by atoms with Gasteiger partial charge in [-0.2, -0.15) is 4.98 Å². The summed E-state index contributed by atoms with van der Waals surface area (Å²) in [6.07, 6.45) is 2.08. The molecule has 0 fully saturated rings. The monoisotopic (exact) mass is 256 g/mol. The fraction of sp³-hybridized carbons (Fsp3) is 0.750. The first-order valence-electron chi connectivity index (χ1n) is 6.20. The van der Waals surface area contributed by atoms with E-state index >= 15 is 0 Å². The van der Waals surface area contributed by atoms with Crippen molar-refractivity contribution in [3.63, 3.8) is 0 Å². The predicted molar refractivity (Wildman–Crippen MR) is 64.2 cm³/mol. The smallest absolute Gasteiger partial charge is 0.318 e. The third kappa shape index (κ3) is 4.10. The summed E-state index contributed by atoms with van der Waals surface area (Å²) in [7, 11) is 1.65. The van der Waals surface area contributed by atoms with Crippen molar-refractivity contribution in [2.24, 2.45) is 0 Å². The normalized spacial score (nSPS) is 12.4. The Balaban J connectivity index is 2.61. The highest BCUT2D eigenvalue weighted by atomic mass is 16.5. The molecule has 0 aromatic carbocycles. The minimum absolute atomic E-state index is 0.313. The van der Waals surface area contributed by atoms with Crippen molar-refractivity contribution in [3.05, 3.63) is 11.7 Å². The number of methoxy groups -OCH3 is 1. The molecule has 0 radical (unpaired) electrons. The molecule has 0 aliphatic heterocycles. The molecule has 0 N–H and O–H groups in total. The van der Waals surface area contributed by atoms with Gasteiger partial charge in [0.15, 0.2) is 5.82 Å². The number of carbonyl (C=O) groups is 1. The zero-order valence-corrected chi connectivity index (χ0v) is 11.1. The predicted octanol–water partition coefficient (Wildman–Crippen LogP) is 1.71. The lowest BCUT2D eigenvalue weighted by atomic mass is 10.1. The zero-order chi connectivity index (χ0) is 13.4. The quantitative estimate of drug-likeness (QED) is 0.520. The van der Waals surface area contributed by atoms with Gasteiger partial charge in [0.25, 0.3) is 0 Å². The number of rotatable bonds is 8. The second kappa shape index (κ2) is 7.81. The first-order valence-corrected chi connectivity index (χ1v) is 6.20. The average Bonchev–Trinajstić information content (AvgIpc) is 2.79. The van der Waals surface area contributed by atoms with E-state index in [1.807, 2.05) is 6.92 Å². The Morgan fingerprint density at radius 2 is 2.22 bits per heavy atom. The average molecular weight is 256 g/mol. The number of hydrogen-bond acceptors (Lipinski definition) is 6. The van der Waals surface area contributed by atoms with Crippen LogP contribution < -0.4 is 0 Å². The van der Waals surface area contributed by atoms with Gasteiger partial charge in [0.05, 0.1) is 6.61 Å². The first kappa shape index (κ1) is 14.6. The molecule has 18 heavy (non-hydrogen) atoms. The second-order valence-electron chi connectivity index (χ2n) is 3.86. The van der Waals surface area contributed by atoms with Gasteiger partial charge < -0.3 is 14.0 Å². The number of aryl methyl sites for hydroxylation is 1. The molecule has 0 spiro atoms. The summed E-state index contributed by atoms with van der Waals surface area (Å²) in [5.74, 6) is 0.161. The number of hydrogen-bond donors (Lipinski definition) is 0. The van der Waals surface area contributed by atoms with E-state index in [0.717, 1.165) is 6.42 Å². The molecule has 6 heteroatoms. The Kier molecular flexibility index (Phi) is 6.35. The van der Waals surface area contributed by atoms with Crippen LogP contribution in [0.5, 0.6) is 0 Å². The SMILES string of the molecule is CCOC(=O)C(CC)c1nc(CCCOC)no1. The van der Waals surface area contributed by atoms with Crippen LogP contribution in [0.25, 0.3) is 0 Å². The Labute approximate surface area is 107 Å². The van der Waals surface area contributed by atoms with E-state index in [9.17, 15) is 4.79 Å². The Morgan fingerprint density at radius 3 is 2.83 bits per heavy atom. The molecule has 1 unspecified atom stereocenters. The van der Waals surface area contributed by atoms with Gasteiger partial charge in [-0.3, -0.25) is 4.79 Å². The lowest BCUT2D eigenvalue weighted by Crippen LogP contribution is -2.15. The summed E-state index contributed by atoms with van der Waals surface area (Å²) in [4.78, 5) is 15.9. The van der Waals surface area contributed by atoms with Crippen LogP contribution in [0.4, 0.5) is 0 Å². The molecule has 0 aliphatic rings. The molecular weight excluding hydrogens is 236 g/mol. The third-order valence-corrected chi connectivity index (χ3v) is 2.51. The maximum Gasteiger partial charge on any atom is 0.318 e. The lowest BCUT2D eigenvalue weighted by Gasteiger charge is -2.08. The van der Waals surface area contributed by atoms with E-state index in [1.165, 1.54) is 0 Å². The van der Waals surface area contributed by atoms with Gasteiger partial charge >= 0.3 is 5.97 Å². The van der Waals surface area contributed by atoms with Crippen molar-refractivity contribution in [1.82, 2.24) is 10.1 Å². The maximum absolute atomic E-state index is 11.7. The van der Waals surface area contributed by atoms with Crippen LogP contribution in [-0.2, 0) is 20.7 Å². The largest absolute Gasteiger partial charge is 0.465 e. The van der Waals surface area contributed by atoms with E-state index in [4.69, 9.17) is 14.0 Å². The molecule has 1 rings (SSSR count). The Hall–Kier alpha value is -1.43. The topological polar surface area (TPSA) is 74.5 Å². The third-order valence-electron chi connectivity index (χ3n) is 2.51. The van der Waals surface area contributed by atoms with Crippen LogP contribution in [0.3, 0.4) is 0 Å². The molecule has 0 amide bonds. The summed E-state index contributed by atoms with van der Waals surface area (Å²) < 4.78 is 15.0. The minimum Gasteiger partial charge on any atom is -0.465 e. The highest BCUT2D eigenvalue weighted by Crippen LogP contribution is 2.19. The minimum atomic E-state index is -0.464. The molecule has 1 aromatic rings. The highest BCUT2D eigenvalue weighted by molar-refractivity contribution is 5.76. The van der Waals surface area contributed by atoms with Gasteiger partial charge in [-0.15, -0.1) is 0 Å². The Morgan fingerprint density at radius 1 is 1.44 bits per heavy atom. The van der Waals surface area contributed by atoms with Gasteiger partial charge in [-0.1, -0.05) is 12.1 Å². The van der Waals surface area contributed by atoms with E-state index in [0.29, 0.717) is 37.8 Å². The number of ether oxygens (including phenoxy) is 2. The van der Waals surface area contributed by atoms with Crippen LogP contribution in [-0.4, -0.2) is 36.4 Å². The molecule has 102 valence electrons. The van der Waals surface area contributed by atoms with Crippen LogP contribution in [0.1, 0.15) is 44.3 Å². The summed E-state index contributed by atoms with van der Waals surface area (Å²) >= 11 is 0. The molecule has 0 bridgehead atoms. The number of esters is 1. The van der Waals surface area contributed by atoms with Crippen molar-refractivity contribution < 1.29 is 18.8 Å². The fourth-order valence-electron chi connectivity index (χ4n) is 1.57. The summed E-state index contributed by atoms with van der Waals surface area (Å²) in [5.41, 5.74) is 0. The Bertz CT molecular complexity index is 365. The number of carbonyl (C=O) groups excluding carboxylic acids is 1. The fourth-order valence-corrected chi connectivity index (χ4v) is 1.57. The zero-order valence-electron chi connectivity index (χ0n) is 11.1. The van der Waals surface area contributed by atoms with Crippen molar-refractivity contribution in [2.75, 3.05) is 20.3 Å². The van der Waals surface area contributed by atoms with Crippen LogP contribution in [0.2, 0.25) is 0 Å². The van der Waals surface area contributed by atoms with Gasteiger partial charge in [0.2, 0.25) is 5.89 Å². The van der Waals surface area contributed by atoms with E-state index in [2.05, 4.69) is 10.1 Å². The van der Waals surface area contributed by atoms with E-state index in [1.54, 1.807) is 14.0 Å². The molecule has 1 atom stereocenters. The van der Waals surface area contributed by atoms with E-state index in [-0.39, 0.29) is 5.97 Å². The van der Waals surface area contributed by atoms with Crippen molar-refractivity contribution in [2.45, 2.75) is 39.0 Å². The lowest BCUT2D eigenvalue weighted by molar-refractivity contribution is -0.145. The van der Waals surface area contributed by atoms with Crippen LogP contribution >= 0.6 is 0 Å². The summed E-state index contributed by atoms with van der Waals surface area (Å²) in [6, 6.07) is 0. The van der Waals surface area contributed by atoms with Crippen molar-refractivity contribution >= 4 is 5.97 Å². The molecule has 0 saturated carbocycles. The van der Waals surface area contributed by atoms with Crippen molar-refractivity contribution in [1.29, 1.82) is 0 Å². The molecule has 6 nitrogen and oxygen atoms in total. The molecular formula is C12H20N2O4. The standard InChI is InChI=1S/C12H20N2O4/c1-4-9(12(15)17-5-2)11-13-10(14-18-11)7-6-8-16-3/h9H,4-8H2,1-3H3. The number of nitrogens with zero attached hydrogens (tertiary/aromatic N) is 2. The molecule has 0 aliphatic carbocycles. The summed E-state index contributed by atoms with van der Waals surface area (Å²) in [6.45, 7) is 4.66. The summed E-state index contributed by atoms with van der Waals surface area (Å²) in [5, 5.41) is 3.85. The van der Waals surface area contributed by atoms with Crippen LogP contribution in [0, 0.1) is 0 Å². The molecule has 0 saturated heterocycles. The highest BCUT2D eigenvalue weighted by Gasteiger charge is 2.26. The molecule has 1 aromatic heterocycles. The van der Waals surface area contributed by atoms with Crippen LogP contribution in [0.15, 0.2) is 4.52 Å². The second-order valence-corrected chi connectivity index (χ2v) is 3.86. The molecule has 1 heterocycles. The van der Waals surface area contributed by atoms with E-state index < -0.39 is 5.92 Å². The van der Waals surface area contributed by atoms with Crippen molar-refractivity contribution in [3.8, 4) is 0 Å². The van der Waals surface area contributed by atoms with Gasteiger partial charge in [0.1, 0.15) is 5.92 Å². The maximum atomic E-state index is 11.7. The van der Waals surface area contributed by atoms with Gasteiger partial charge in [-0.25, -0.2) is 0 Å². The first-order chi connectivity index (χ1) is 8.72. The number of aromatic nitrogens is 2. The van der Waals surface area contributed by atoms with Gasteiger partial charge in [-0.05, 0) is 19.8 Å². The van der Waals surface area contributed by atoms with Gasteiger partial charge in [0, 0.05) is 20.1 Å².